The molecule has 0 unspecified atom stereocenters. The van der Waals surface area contributed by atoms with Crippen LogP contribution in [0.3, 0.4) is 0 Å². The van der Waals surface area contributed by atoms with Gasteiger partial charge in [0.15, 0.2) is 0 Å². The molecule has 9 heteroatoms. The Balaban J connectivity index is 1.37. The van der Waals surface area contributed by atoms with E-state index in [1.807, 2.05) is 0 Å². The maximum absolute atomic E-state index is 12.8. The summed E-state index contributed by atoms with van der Waals surface area (Å²) in [5.41, 5.74) is 1.44. The van der Waals surface area contributed by atoms with Crippen molar-refractivity contribution in [1.82, 2.24) is 9.78 Å². The van der Waals surface area contributed by atoms with Gasteiger partial charge < -0.3 is 15.0 Å². The molecule has 8 nitrogen and oxygen atoms in total. The van der Waals surface area contributed by atoms with Crippen molar-refractivity contribution in [2.24, 2.45) is 5.92 Å². The van der Waals surface area contributed by atoms with Crippen LogP contribution in [-0.4, -0.2) is 41.4 Å². The first-order chi connectivity index (χ1) is 16.4. The number of nitrogens with one attached hydrogen (secondary N) is 1. The Kier molecular flexibility index (Phi) is 7.27. The molecular formula is C25H25ClN4O4. The van der Waals surface area contributed by atoms with E-state index in [0.29, 0.717) is 60.3 Å². The summed E-state index contributed by atoms with van der Waals surface area (Å²) in [6.45, 7) is 3.35. The third kappa shape index (κ3) is 5.46. The fraction of sp³-hybridized carbons (Fsp3) is 0.280. The van der Waals surface area contributed by atoms with Crippen LogP contribution < -0.4 is 15.8 Å². The summed E-state index contributed by atoms with van der Waals surface area (Å²) in [4.78, 5) is 38.9. The van der Waals surface area contributed by atoms with Gasteiger partial charge in [-0.2, -0.15) is 4.68 Å². The van der Waals surface area contributed by atoms with Crippen LogP contribution in [0.15, 0.2) is 65.5 Å². The molecule has 0 saturated carbocycles. The highest BCUT2D eigenvalue weighted by atomic mass is 35.5. The molecule has 1 N–H and O–H groups in total. The second-order valence-corrected chi connectivity index (χ2v) is 8.41. The molecule has 3 aromatic rings. The first-order valence-electron chi connectivity index (χ1n) is 11.1. The fourth-order valence-electron chi connectivity index (χ4n) is 3.88. The first-order valence-corrected chi connectivity index (χ1v) is 11.5. The molecule has 1 fully saturated rings. The maximum atomic E-state index is 12.8. The van der Waals surface area contributed by atoms with E-state index in [9.17, 15) is 14.4 Å². The van der Waals surface area contributed by atoms with Crippen molar-refractivity contribution in [1.29, 1.82) is 0 Å². The van der Waals surface area contributed by atoms with Crippen LogP contribution in [-0.2, 0) is 9.53 Å². The Morgan fingerprint density at radius 1 is 1.09 bits per heavy atom. The van der Waals surface area contributed by atoms with Crippen LogP contribution in [0.25, 0.3) is 5.69 Å². The third-order valence-electron chi connectivity index (χ3n) is 5.69. The average Bonchev–Trinajstić information content (AvgIpc) is 2.85. The number of hydrogen-bond donors (Lipinski definition) is 1. The number of ether oxygens (including phenoxy) is 1. The normalized spacial score (nSPS) is 14.0. The molecule has 0 spiro atoms. The summed E-state index contributed by atoms with van der Waals surface area (Å²) in [5.74, 6) is 0.0938. The number of rotatable bonds is 6. The van der Waals surface area contributed by atoms with Gasteiger partial charge in [0, 0.05) is 35.8 Å². The van der Waals surface area contributed by atoms with Crippen LogP contribution in [0.2, 0.25) is 5.02 Å². The lowest BCUT2D eigenvalue weighted by Gasteiger charge is -2.32. The zero-order chi connectivity index (χ0) is 24.1. The Hall–Kier alpha value is -3.65. The van der Waals surface area contributed by atoms with Crippen molar-refractivity contribution in [2.75, 3.05) is 29.9 Å². The SMILES string of the molecule is CCOC(=O)c1ccc(NC(=O)C2CCN(c3ccc(=O)n(-c4cccc(Cl)c4)n3)CC2)cc1. The molecule has 1 saturated heterocycles. The Morgan fingerprint density at radius 2 is 1.82 bits per heavy atom. The van der Waals surface area contributed by atoms with Crippen molar-refractivity contribution in [3.8, 4) is 5.69 Å². The summed E-state index contributed by atoms with van der Waals surface area (Å²) in [7, 11) is 0. The van der Waals surface area contributed by atoms with E-state index in [1.54, 1.807) is 61.5 Å². The van der Waals surface area contributed by atoms with Crippen LogP contribution in [0.1, 0.15) is 30.1 Å². The van der Waals surface area contributed by atoms with Crippen LogP contribution >= 0.6 is 11.6 Å². The number of benzene rings is 2. The summed E-state index contributed by atoms with van der Waals surface area (Å²) in [6, 6.07) is 16.8. The van der Waals surface area contributed by atoms with Gasteiger partial charge in [-0.3, -0.25) is 9.59 Å². The van der Waals surface area contributed by atoms with Gasteiger partial charge >= 0.3 is 5.97 Å². The van der Waals surface area contributed by atoms with Crippen molar-refractivity contribution in [3.05, 3.63) is 81.6 Å². The largest absolute Gasteiger partial charge is 0.462 e. The van der Waals surface area contributed by atoms with E-state index in [1.165, 1.54) is 10.7 Å². The zero-order valence-electron chi connectivity index (χ0n) is 18.7. The lowest BCUT2D eigenvalue weighted by Crippen LogP contribution is -2.39. The van der Waals surface area contributed by atoms with Crippen molar-refractivity contribution in [2.45, 2.75) is 19.8 Å². The lowest BCUT2D eigenvalue weighted by molar-refractivity contribution is -0.120. The van der Waals surface area contributed by atoms with E-state index >= 15 is 0 Å². The second kappa shape index (κ2) is 10.5. The summed E-state index contributed by atoms with van der Waals surface area (Å²) < 4.78 is 6.31. The molecule has 0 radical (unpaired) electrons. The van der Waals surface area contributed by atoms with Crippen molar-refractivity contribution < 1.29 is 14.3 Å². The third-order valence-corrected chi connectivity index (χ3v) is 5.93. The minimum absolute atomic E-state index is 0.0552. The van der Waals surface area contributed by atoms with Gasteiger partial charge in [0.2, 0.25) is 5.91 Å². The number of piperidine rings is 1. The molecule has 1 amide bonds. The highest BCUT2D eigenvalue weighted by Gasteiger charge is 2.26. The molecule has 1 aromatic heterocycles. The Labute approximate surface area is 202 Å². The second-order valence-electron chi connectivity index (χ2n) is 7.97. The highest BCUT2D eigenvalue weighted by molar-refractivity contribution is 6.30. The number of esters is 1. The van der Waals surface area contributed by atoms with Crippen molar-refractivity contribution >= 4 is 35.0 Å². The molecular weight excluding hydrogens is 456 g/mol. The Bertz CT molecular complexity index is 1230. The number of carbonyl (C=O) groups excluding carboxylic acids is 2. The van der Waals surface area contributed by atoms with E-state index in [4.69, 9.17) is 16.3 Å². The predicted octanol–water partition coefficient (Wildman–Crippen LogP) is 3.92. The number of anilines is 2. The quantitative estimate of drug-likeness (QED) is 0.537. The molecule has 2 aromatic carbocycles. The number of halogens is 1. The highest BCUT2D eigenvalue weighted by Crippen LogP contribution is 2.23. The number of carbonyl (C=O) groups is 2. The van der Waals surface area contributed by atoms with Gasteiger partial charge in [-0.05, 0) is 68.3 Å². The smallest absolute Gasteiger partial charge is 0.338 e. The summed E-state index contributed by atoms with van der Waals surface area (Å²) in [5, 5.41) is 7.97. The summed E-state index contributed by atoms with van der Waals surface area (Å²) in [6.07, 6.45) is 1.31. The Morgan fingerprint density at radius 3 is 2.50 bits per heavy atom. The number of nitrogens with zero attached hydrogens (tertiary/aromatic N) is 3. The van der Waals surface area contributed by atoms with Crippen molar-refractivity contribution in [3.63, 3.8) is 0 Å². The molecule has 1 aliphatic heterocycles. The monoisotopic (exact) mass is 480 g/mol. The average molecular weight is 481 g/mol. The molecule has 176 valence electrons. The fourth-order valence-corrected chi connectivity index (χ4v) is 4.07. The van der Waals surface area contributed by atoms with Gasteiger partial charge in [-0.1, -0.05) is 17.7 Å². The van der Waals surface area contributed by atoms with Gasteiger partial charge in [0.1, 0.15) is 5.82 Å². The summed E-state index contributed by atoms with van der Waals surface area (Å²) >= 11 is 6.06. The molecule has 1 aliphatic rings. The number of hydrogen-bond acceptors (Lipinski definition) is 6. The predicted molar refractivity (Wildman–Crippen MR) is 131 cm³/mol. The molecule has 4 rings (SSSR count). The number of aromatic nitrogens is 2. The minimum Gasteiger partial charge on any atom is -0.462 e. The molecule has 0 atom stereocenters. The molecule has 0 bridgehead atoms. The number of amides is 1. The topological polar surface area (TPSA) is 93.5 Å². The van der Waals surface area contributed by atoms with Gasteiger partial charge in [-0.15, -0.1) is 5.10 Å². The van der Waals surface area contributed by atoms with Gasteiger partial charge in [0.05, 0.1) is 17.9 Å². The van der Waals surface area contributed by atoms with Crippen LogP contribution in [0, 0.1) is 5.92 Å². The van der Waals surface area contributed by atoms with Gasteiger partial charge in [-0.25, -0.2) is 4.79 Å². The molecule has 34 heavy (non-hydrogen) atoms. The van der Waals surface area contributed by atoms with E-state index in [0.717, 1.165) is 0 Å². The van der Waals surface area contributed by atoms with Crippen LogP contribution in [0.5, 0.6) is 0 Å². The molecule has 2 heterocycles. The lowest BCUT2D eigenvalue weighted by atomic mass is 9.95. The van der Waals surface area contributed by atoms with E-state index < -0.39 is 0 Å². The standard InChI is InChI=1S/C25H25ClN4O4/c1-2-34-25(33)18-6-8-20(9-7-18)27-24(32)17-12-14-29(15-13-17)22-10-11-23(31)30(28-22)21-5-3-4-19(26)16-21/h3-11,16-17H,2,12-15H2,1H3,(H,27,32). The zero-order valence-corrected chi connectivity index (χ0v) is 19.5. The van der Waals surface area contributed by atoms with Crippen LogP contribution in [0.4, 0.5) is 11.5 Å². The van der Waals surface area contributed by atoms with E-state index in [2.05, 4.69) is 15.3 Å². The maximum Gasteiger partial charge on any atom is 0.338 e. The molecule has 0 aliphatic carbocycles. The van der Waals surface area contributed by atoms with Gasteiger partial charge in [0.25, 0.3) is 5.56 Å². The minimum atomic E-state index is -0.386. The van der Waals surface area contributed by atoms with E-state index in [-0.39, 0.29) is 23.4 Å². The first kappa shape index (κ1) is 23.5.